The highest BCUT2D eigenvalue weighted by Gasteiger charge is 2.39. The van der Waals surface area contributed by atoms with Crippen molar-refractivity contribution < 1.29 is 9.47 Å². The molecule has 0 saturated heterocycles. The molecule has 0 radical (unpaired) electrons. The molecule has 0 unspecified atom stereocenters. The molecule has 7 heteroatoms. The number of nitrogens with one attached hydrogen (secondary N) is 1. The summed E-state index contributed by atoms with van der Waals surface area (Å²) in [6.07, 6.45) is 1.01. The van der Waals surface area contributed by atoms with Crippen molar-refractivity contribution in [1.82, 2.24) is 0 Å². The SMILES string of the molecule is COc1ccc(NC(N)=N[C@@H]2C[C@H]2c2ccccc2Br)cc1OC.I. The van der Waals surface area contributed by atoms with Crippen molar-refractivity contribution >= 4 is 51.6 Å². The van der Waals surface area contributed by atoms with E-state index >= 15 is 0 Å². The Kier molecular flexibility index (Phi) is 6.95. The third-order valence-corrected chi connectivity index (χ3v) is 4.74. The molecule has 1 aliphatic carbocycles. The molecule has 5 nitrogen and oxygen atoms in total. The zero-order valence-corrected chi connectivity index (χ0v) is 17.9. The lowest BCUT2D eigenvalue weighted by Gasteiger charge is -2.11. The zero-order chi connectivity index (χ0) is 17.1. The summed E-state index contributed by atoms with van der Waals surface area (Å²) in [5, 5.41) is 3.11. The normalized spacial score (nSPS) is 18.9. The summed E-state index contributed by atoms with van der Waals surface area (Å²) in [5.74, 6) is 2.15. The van der Waals surface area contributed by atoms with Crippen LogP contribution in [0, 0.1) is 0 Å². The molecule has 1 saturated carbocycles. The number of guanidine groups is 1. The van der Waals surface area contributed by atoms with Crippen LogP contribution in [0.1, 0.15) is 17.9 Å². The first-order chi connectivity index (χ1) is 11.6. The van der Waals surface area contributed by atoms with E-state index in [1.807, 2.05) is 30.3 Å². The summed E-state index contributed by atoms with van der Waals surface area (Å²) < 4.78 is 11.6. The Morgan fingerprint density at radius 1 is 1.16 bits per heavy atom. The molecule has 0 heterocycles. The van der Waals surface area contributed by atoms with E-state index in [0.29, 0.717) is 23.4 Å². The van der Waals surface area contributed by atoms with E-state index in [-0.39, 0.29) is 30.0 Å². The first-order valence-electron chi connectivity index (χ1n) is 7.69. The number of hydrogen-bond acceptors (Lipinski definition) is 3. The van der Waals surface area contributed by atoms with Gasteiger partial charge in [-0.3, -0.25) is 0 Å². The van der Waals surface area contributed by atoms with E-state index < -0.39 is 0 Å². The summed E-state index contributed by atoms with van der Waals surface area (Å²) >= 11 is 3.59. The lowest BCUT2D eigenvalue weighted by molar-refractivity contribution is 0.355. The number of methoxy groups -OCH3 is 2. The number of nitrogens with zero attached hydrogens (tertiary/aromatic N) is 1. The Bertz CT molecular complexity index is 770. The first-order valence-corrected chi connectivity index (χ1v) is 8.48. The first kappa shape index (κ1) is 19.8. The summed E-state index contributed by atoms with van der Waals surface area (Å²) in [6, 6.07) is 14.0. The molecule has 2 aromatic carbocycles. The number of ether oxygens (including phenoxy) is 2. The second-order valence-corrected chi connectivity index (χ2v) is 6.49. The number of anilines is 1. The molecule has 0 aliphatic heterocycles. The van der Waals surface area contributed by atoms with Crippen LogP contribution in [0.5, 0.6) is 11.5 Å². The van der Waals surface area contributed by atoms with Crippen molar-refractivity contribution in [3.8, 4) is 11.5 Å². The van der Waals surface area contributed by atoms with Crippen molar-refractivity contribution in [2.75, 3.05) is 19.5 Å². The standard InChI is InChI=1S/C18H20BrN3O2.HI/c1-23-16-8-7-11(9-17(16)24-2)21-18(20)22-15-10-13(15)12-5-3-4-6-14(12)19;/h3-9,13,15H,10H2,1-2H3,(H3,20,21,22);1H/t13-,15+;/m0./s1. The van der Waals surface area contributed by atoms with Crippen LogP contribution in [0.4, 0.5) is 5.69 Å². The highest BCUT2D eigenvalue weighted by atomic mass is 127. The van der Waals surface area contributed by atoms with Crippen LogP contribution in [0.2, 0.25) is 0 Å². The minimum atomic E-state index is 0. The van der Waals surface area contributed by atoms with Gasteiger partial charge in [-0.05, 0) is 30.2 Å². The van der Waals surface area contributed by atoms with E-state index in [1.165, 1.54) is 5.56 Å². The Morgan fingerprint density at radius 2 is 1.88 bits per heavy atom. The fourth-order valence-electron chi connectivity index (χ4n) is 2.71. The predicted molar refractivity (Wildman–Crippen MR) is 115 cm³/mol. The van der Waals surface area contributed by atoms with Crippen molar-refractivity contribution in [2.24, 2.45) is 10.7 Å². The molecular weight excluding hydrogens is 497 g/mol. The van der Waals surface area contributed by atoms with Gasteiger partial charge in [0.1, 0.15) is 0 Å². The Balaban J connectivity index is 0.00000225. The highest BCUT2D eigenvalue weighted by molar-refractivity contribution is 14.0. The quantitative estimate of drug-likeness (QED) is 0.351. The summed E-state index contributed by atoms with van der Waals surface area (Å²) in [4.78, 5) is 4.57. The number of aliphatic imine (C=N–C) groups is 1. The lowest BCUT2D eigenvalue weighted by atomic mass is 10.1. The van der Waals surface area contributed by atoms with Crippen molar-refractivity contribution in [3.05, 3.63) is 52.5 Å². The third-order valence-electron chi connectivity index (χ3n) is 4.02. The number of rotatable bonds is 5. The molecule has 0 aromatic heterocycles. The van der Waals surface area contributed by atoms with Crippen LogP contribution in [-0.2, 0) is 0 Å². The van der Waals surface area contributed by atoms with Crippen molar-refractivity contribution in [2.45, 2.75) is 18.4 Å². The van der Waals surface area contributed by atoms with Crippen LogP contribution in [0.15, 0.2) is 51.9 Å². The molecule has 2 aromatic rings. The third kappa shape index (κ3) is 4.78. The Labute approximate surface area is 173 Å². The van der Waals surface area contributed by atoms with Crippen LogP contribution in [-0.4, -0.2) is 26.2 Å². The van der Waals surface area contributed by atoms with Gasteiger partial charge in [0, 0.05) is 22.1 Å². The van der Waals surface area contributed by atoms with E-state index in [9.17, 15) is 0 Å². The fourth-order valence-corrected chi connectivity index (χ4v) is 3.29. The number of hydrogen-bond donors (Lipinski definition) is 2. The molecule has 134 valence electrons. The molecular formula is C18H21BrIN3O2. The molecule has 1 fully saturated rings. The van der Waals surface area contributed by atoms with Gasteiger partial charge in [0.05, 0.1) is 20.3 Å². The minimum Gasteiger partial charge on any atom is -0.493 e. The van der Waals surface area contributed by atoms with Gasteiger partial charge in [0.15, 0.2) is 17.5 Å². The predicted octanol–water partition coefficient (Wildman–Crippen LogP) is 4.37. The molecule has 3 N–H and O–H groups in total. The second-order valence-electron chi connectivity index (χ2n) is 5.64. The summed E-state index contributed by atoms with van der Waals surface area (Å²) in [5.41, 5.74) is 8.14. The van der Waals surface area contributed by atoms with E-state index in [1.54, 1.807) is 14.2 Å². The van der Waals surface area contributed by atoms with Gasteiger partial charge >= 0.3 is 0 Å². The number of nitrogens with two attached hydrogens (primary N) is 1. The molecule has 2 atom stereocenters. The van der Waals surface area contributed by atoms with Crippen LogP contribution >= 0.6 is 39.9 Å². The van der Waals surface area contributed by atoms with E-state index in [2.05, 4.69) is 38.4 Å². The Morgan fingerprint density at radius 3 is 2.56 bits per heavy atom. The smallest absolute Gasteiger partial charge is 0.193 e. The average Bonchev–Trinajstić information content (AvgIpc) is 3.33. The average molecular weight is 518 g/mol. The zero-order valence-electron chi connectivity index (χ0n) is 14.0. The van der Waals surface area contributed by atoms with Gasteiger partial charge in [0.25, 0.3) is 0 Å². The maximum Gasteiger partial charge on any atom is 0.193 e. The molecule has 3 rings (SSSR count). The van der Waals surface area contributed by atoms with Gasteiger partial charge in [-0.15, -0.1) is 24.0 Å². The van der Waals surface area contributed by atoms with Crippen LogP contribution < -0.4 is 20.5 Å². The topological polar surface area (TPSA) is 68.9 Å². The fraction of sp³-hybridized carbons (Fsp3) is 0.278. The van der Waals surface area contributed by atoms with Gasteiger partial charge in [-0.1, -0.05) is 34.1 Å². The Hall–Kier alpha value is -1.48. The number of halogens is 2. The molecule has 1 aliphatic rings. The van der Waals surface area contributed by atoms with Crippen molar-refractivity contribution in [1.29, 1.82) is 0 Å². The van der Waals surface area contributed by atoms with Crippen LogP contribution in [0.3, 0.4) is 0 Å². The summed E-state index contributed by atoms with van der Waals surface area (Å²) in [7, 11) is 3.21. The molecule has 25 heavy (non-hydrogen) atoms. The monoisotopic (exact) mass is 517 g/mol. The van der Waals surface area contributed by atoms with E-state index in [4.69, 9.17) is 15.2 Å². The second kappa shape index (κ2) is 8.75. The van der Waals surface area contributed by atoms with Gasteiger partial charge in [-0.25, -0.2) is 4.99 Å². The lowest BCUT2D eigenvalue weighted by Crippen LogP contribution is -2.23. The molecule has 0 bridgehead atoms. The number of benzene rings is 2. The van der Waals surface area contributed by atoms with Gasteiger partial charge in [0.2, 0.25) is 0 Å². The van der Waals surface area contributed by atoms with Gasteiger partial charge in [-0.2, -0.15) is 0 Å². The molecule has 0 amide bonds. The maximum absolute atomic E-state index is 6.04. The minimum absolute atomic E-state index is 0. The maximum atomic E-state index is 6.04. The molecule has 0 spiro atoms. The highest BCUT2D eigenvalue weighted by Crippen LogP contribution is 2.46. The van der Waals surface area contributed by atoms with Crippen LogP contribution in [0.25, 0.3) is 0 Å². The van der Waals surface area contributed by atoms with Gasteiger partial charge < -0.3 is 20.5 Å². The summed E-state index contributed by atoms with van der Waals surface area (Å²) in [6.45, 7) is 0. The largest absolute Gasteiger partial charge is 0.493 e. The van der Waals surface area contributed by atoms with E-state index in [0.717, 1.165) is 16.6 Å². The van der Waals surface area contributed by atoms with Crippen molar-refractivity contribution in [3.63, 3.8) is 0 Å².